The number of hydrogen-bond donors (Lipinski definition) is 0. The van der Waals surface area contributed by atoms with Crippen molar-refractivity contribution in [3.8, 4) is 17.2 Å². The molecule has 9 nitrogen and oxygen atoms in total. The van der Waals surface area contributed by atoms with Crippen LogP contribution in [0, 0.1) is 0 Å². The van der Waals surface area contributed by atoms with Gasteiger partial charge in [-0.2, -0.15) is 0 Å². The van der Waals surface area contributed by atoms with E-state index in [-0.39, 0.29) is 42.4 Å². The largest absolute Gasteiger partial charge is 0.464 e. The predicted molar refractivity (Wildman–Crippen MR) is 144 cm³/mol. The van der Waals surface area contributed by atoms with E-state index in [1.807, 2.05) is 60.7 Å². The van der Waals surface area contributed by atoms with Gasteiger partial charge in [-0.05, 0) is 23.3 Å². The van der Waals surface area contributed by atoms with Gasteiger partial charge in [-0.15, -0.1) is 0 Å². The second-order valence-electron chi connectivity index (χ2n) is 8.15. The minimum absolute atomic E-state index is 0.0372. The number of ether oxygens (including phenoxy) is 6. The molecule has 0 radical (unpaired) electrons. The molecule has 0 aliphatic heterocycles. The number of carbonyl (C=O) groups is 1. The normalized spacial score (nSPS) is 10.9. The van der Waals surface area contributed by atoms with E-state index in [0.717, 1.165) is 11.1 Å². The maximum atomic E-state index is 12.8. The van der Waals surface area contributed by atoms with Gasteiger partial charge in [0.2, 0.25) is 5.75 Å². The topological polar surface area (TPSA) is 90.9 Å². The van der Waals surface area contributed by atoms with E-state index in [2.05, 4.69) is 0 Å². The van der Waals surface area contributed by atoms with Gasteiger partial charge >= 0.3 is 5.97 Å². The minimum atomic E-state index is -0.569. The van der Waals surface area contributed by atoms with Crippen LogP contribution in [0.1, 0.15) is 23.5 Å². The lowest BCUT2D eigenvalue weighted by atomic mass is 9.89. The minimum Gasteiger partial charge on any atom is -0.464 e. The summed E-state index contributed by atoms with van der Waals surface area (Å²) < 4.78 is 32.0. The number of hydrogen-bond acceptors (Lipinski definition) is 9. The fourth-order valence-electron chi connectivity index (χ4n) is 3.53. The van der Waals surface area contributed by atoms with Crippen molar-refractivity contribution in [2.24, 2.45) is 0 Å². The first-order valence-corrected chi connectivity index (χ1v) is 12.7. The predicted octanol–water partition coefficient (Wildman–Crippen LogP) is 5.40. The molecule has 3 aromatic carbocycles. The third-order valence-electron chi connectivity index (χ3n) is 5.47. The van der Waals surface area contributed by atoms with Gasteiger partial charge in [-0.1, -0.05) is 72.3 Å². The summed E-state index contributed by atoms with van der Waals surface area (Å²) in [6.45, 7) is 1.32. The first-order chi connectivity index (χ1) is 19.1. The van der Waals surface area contributed by atoms with Crippen LogP contribution >= 0.6 is 11.6 Å². The smallest absolute Gasteiger partial charge is 0.356 e. The van der Waals surface area contributed by atoms with Gasteiger partial charge in [0.05, 0.1) is 32.8 Å². The average Bonchev–Trinajstić information content (AvgIpc) is 2.97. The van der Waals surface area contributed by atoms with E-state index in [9.17, 15) is 4.79 Å². The van der Waals surface area contributed by atoms with Crippen LogP contribution < -0.4 is 14.4 Å². The third-order valence-corrected chi connectivity index (χ3v) is 5.83. The standard InChI is InChI=1S/C29H33ClO9/c1-32-15-17-34-20-36-26-14-13-25(28(30)29(26)37-21-35-18-16-33-2)38-39-27(31)19-24(22-9-5-3-6-10-22)23-11-7-4-8-12-23/h3-14,24H,15-21H2,1-2H3. The molecule has 3 rings (SSSR count). The van der Waals surface area contributed by atoms with Crippen molar-refractivity contribution in [3.63, 3.8) is 0 Å². The molecule has 39 heavy (non-hydrogen) atoms. The van der Waals surface area contributed by atoms with Gasteiger partial charge in [0.1, 0.15) is 5.02 Å². The van der Waals surface area contributed by atoms with Gasteiger partial charge in [0.15, 0.2) is 25.1 Å². The highest BCUT2D eigenvalue weighted by Gasteiger charge is 2.22. The molecule has 0 saturated carbocycles. The number of benzene rings is 3. The molecule has 0 aromatic heterocycles. The molecular formula is C29H33ClO9. The summed E-state index contributed by atoms with van der Waals surface area (Å²) in [4.78, 5) is 23.3. The molecule has 0 unspecified atom stereocenters. The molecule has 210 valence electrons. The summed E-state index contributed by atoms with van der Waals surface area (Å²) in [5.74, 6) is -0.276. The molecule has 10 heteroatoms. The van der Waals surface area contributed by atoms with Crippen LogP contribution in [0.25, 0.3) is 0 Å². The average molecular weight is 561 g/mol. The SMILES string of the molecule is COCCOCOc1ccc(OOC(=O)CC(c2ccccc2)c2ccccc2)c(Cl)c1OCOCCOC. The highest BCUT2D eigenvalue weighted by molar-refractivity contribution is 6.33. The summed E-state index contributed by atoms with van der Waals surface area (Å²) >= 11 is 6.54. The zero-order chi connectivity index (χ0) is 27.7. The Kier molecular flexibility index (Phi) is 13.4. The Labute approximate surface area is 233 Å². The maximum absolute atomic E-state index is 12.8. The highest BCUT2D eigenvalue weighted by Crippen LogP contribution is 2.42. The number of rotatable bonds is 18. The lowest BCUT2D eigenvalue weighted by Crippen LogP contribution is -2.14. The monoisotopic (exact) mass is 560 g/mol. The zero-order valence-electron chi connectivity index (χ0n) is 22.0. The molecule has 3 aromatic rings. The summed E-state index contributed by atoms with van der Waals surface area (Å²) in [6.07, 6.45) is 0.0579. The molecule has 0 aliphatic rings. The van der Waals surface area contributed by atoms with Gasteiger partial charge in [0.25, 0.3) is 0 Å². The summed E-state index contributed by atoms with van der Waals surface area (Å²) in [7, 11) is 3.15. The third kappa shape index (κ3) is 10.0. The lowest BCUT2D eigenvalue weighted by molar-refractivity contribution is -0.214. The lowest BCUT2D eigenvalue weighted by Gasteiger charge is -2.18. The molecule has 0 amide bonds. The Balaban J connectivity index is 1.67. The molecule has 0 saturated heterocycles. The van der Waals surface area contributed by atoms with Crippen LogP contribution in [0.2, 0.25) is 5.02 Å². The van der Waals surface area contributed by atoms with Crippen molar-refractivity contribution >= 4 is 17.6 Å². The first kappa shape index (κ1) is 30.2. The van der Waals surface area contributed by atoms with Crippen molar-refractivity contribution in [1.82, 2.24) is 0 Å². The summed E-state index contributed by atoms with van der Waals surface area (Å²) in [5.41, 5.74) is 1.97. The fourth-order valence-corrected chi connectivity index (χ4v) is 3.77. The van der Waals surface area contributed by atoms with E-state index >= 15 is 0 Å². The Morgan fingerprint density at radius 1 is 0.718 bits per heavy atom. The molecule has 0 N–H and O–H groups in total. The van der Waals surface area contributed by atoms with Crippen molar-refractivity contribution in [2.45, 2.75) is 12.3 Å². The van der Waals surface area contributed by atoms with E-state index < -0.39 is 5.97 Å². The molecule has 0 spiro atoms. The van der Waals surface area contributed by atoms with Crippen molar-refractivity contribution in [1.29, 1.82) is 0 Å². The van der Waals surface area contributed by atoms with Gasteiger partial charge in [-0.25, -0.2) is 4.79 Å². The van der Waals surface area contributed by atoms with Crippen LogP contribution in [-0.2, 0) is 28.6 Å². The molecule has 0 atom stereocenters. The van der Waals surface area contributed by atoms with E-state index in [0.29, 0.717) is 32.2 Å². The highest BCUT2D eigenvalue weighted by atomic mass is 35.5. The second-order valence-corrected chi connectivity index (χ2v) is 8.53. The van der Waals surface area contributed by atoms with Crippen LogP contribution in [0.15, 0.2) is 72.8 Å². The van der Waals surface area contributed by atoms with Gasteiger partial charge < -0.3 is 28.4 Å². The Hall–Kier alpha value is -3.34. The number of carbonyl (C=O) groups excluding carboxylic acids is 1. The van der Waals surface area contributed by atoms with Crippen LogP contribution in [0.5, 0.6) is 17.2 Å². The van der Waals surface area contributed by atoms with Crippen molar-refractivity contribution in [3.05, 3.63) is 88.9 Å². The Morgan fingerprint density at radius 3 is 1.82 bits per heavy atom. The van der Waals surface area contributed by atoms with E-state index in [1.54, 1.807) is 20.3 Å². The van der Waals surface area contributed by atoms with Gasteiger partial charge in [0, 0.05) is 20.1 Å². The van der Waals surface area contributed by atoms with Gasteiger partial charge in [-0.3, -0.25) is 9.78 Å². The number of methoxy groups -OCH3 is 2. The molecule has 0 aliphatic carbocycles. The first-order valence-electron chi connectivity index (χ1n) is 12.3. The van der Waals surface area contributed by atoms with E-state index in [1.165, 1.54) is 6.07 Å². The van der Waals surface area contributed by atoms with Crippen molar-refractivity contribution < 1.29 is 43.0 Å². The molecular weight excluding hydrogens is 528 g/mol. The van der Waals surface area contributed by atoms with Crippen molar-refractivity contribution in [2.75, 3.05) is 54.2 Å². The zero-order valence-corrected chi connectivity index (χ0v) is 22.8. The Bertz CT molecular complexity index is 1070. The summed E-state index contributed by atoms with van der Waals surface area (Å²) in [6, 6.07) is 22.5. The molecule has 0 heterocycles. The van der Waals surface area contributed by atoms with Crippen LogP contribution in [-0.4, -0.2) is 60.2 Å². The quantitative estimate of drug-likeness (QED) is 0.0877. The summed E-state index contributed by atoms with van der Waals surface area (Å²) in [5, 5.41) is 0.0372. The van der Waals surface area contributed by atoms with E-state index in [4.69, 9.17) is 49.8 Å². The number of halogens is 1. The molecule has 0 bridgehead atoms. The van der Waals surface area contributed by atoms with Crippen LogP contribution in [0.4, 0.5) is 0 Å². The second kappa shape index (κ2) is 17.3. The van der Waals surface area contributed by atoms with Crippen LogP contribution in [0.3, 0.4) is 0 Å². The fraction of sp³-hybridized carbons (Fsp3) is 0.345. The Morgan fingerprint density at radius 2 is 1.26 bits per heavy atom. The molecule has 0 fully saturated rings. The maximum Gasteiger partial charge on any atom is 0.356 e.